The van der Waals surface area contributed by atoms with Crippen molar-refractivity contribution in [2.24, 2.45) is 5.92 Å². The van der Waals surface area contributed by atoms with E-state index in [0.717, 1.165) is 19.5 Å². The Morgan fingerprint density at radius 3 is 2.58 bits per heavy atom. The molecule has 3 rings (SSSR count). The highest BCUT2D eigenvalue weighted by Gasteiger charge is 2.39. The Bertz CT molecular complexity index is 721. The zero-order chi connectivity index (χ0) is 18.7. The van der Waals surface area contributed by atoms with Crippen LogP contribution < -0.4 is 5.32 Å². The second kappa shape index (κ2) is 8.06. The van der Waals surface area contributed by atoms with Gasteiger partial charge in [-0.25, -0.2) is 8.42 Å². The molecule has 2 saturated heterocycles. The van der Waals surface area contributed by atoms with E-state index >= 15 is 0 Å². The average molecular weight is 380 g/mol. The third-order valence-electron chi connectivity index (χ3n) is 5.47. The van der Waals surface area contributed by atoms with Crippen LogP contribution in [-0.2, 0) is 14.8 Å². The number of carbonyl (C=O) groups is 1. The van der Waals surface area contributed by atoms with Crippen molar-refractivity contribution in [1.29, 1.82) is 0 Å². The lowest BCUT2D eigenvalue weighted by Gasteiger charge is -2.24. The van der Waals surface area contributed by atoms with Crippen molar-refractivity contribution < 1.29 is 13.2 Å². The Morgan fingerprint density at radius 2 is 1.92 bits per heavy atom. The van der Waals surface area contributed by atoms with Gasteiger partial charge in [-0.15, -0.1) is 0 Å². The van der Waals surface area contributed by atoms with Crippen LogP contribution in [0.5, 0.6) is 0 Å². The van der Waals surface area contributed by atoms with Gasteiger partial charge in [0, 0.05) is 25.7 Å². The number of nitrogens with zero attached hydrogens (tertiary/aromatic N) is 2. The molecule has 6 nitrogen and oxygen atoms in total. The second-order valence-corrected chi connectivity index (χ2v) is 9.47. The van der Waals surface area contributed by atoms with Gasteiger partial charge in [0.25, 0.3) is 0 Å². The predicted octanol–water partition coefficient (Wildman–Crippen LogP) is 1.69. The van der Waals surface area contributed by atoms with Gasteiger partial charge in [0.2, 0.25) is 15.9 Å². The van der Waals surface area contributed by atoms with Crippen molar-refractivity contribution in [2.45, 2.75) is 50.1 Å². The number of rotatable bonds is 6. The Morgan fingerprint density at radius 1 is 1.19 bits per heavy atom. The number of nitrogens with one attached hydrogen (secondary N) is 1. The highest BCUT2D eigenvalue weighted by atomic mass is 32.2. The summed E-state index contributed by atoms with van der Waals surface area (Å²) < 4.78 is 27.1. The van der Waals surface area contributed by atoms with Crippen LogP contribution in [0.4, 0.5) is 0 Å². The molecule has 0 radical (unpaired) electrons. The van der Waals surface area contributed by atoms with Crippen LogP contribution in [0.1, 0.15) is 33.1 Å². The zero-order valence-corrected chi connectivity index (χ0v) is 16.4. The number of hydrogen-bond donors (Lipinski definition) is 1. The summed E-state index contributed by atoms with van der Waals surface area (Å²) in [5.41, 5.74) is 0. The summed E-state index contributed by atoms with van der Waals surface area (Å²) in [5.74, 6) is 0.284. The van der Waals surface area contributed by atoms with Gasteiger partial charge in [0.1, 0.15) is 6.04 Å². The first-order valence-corrected chi connectivity index (χ1v) is 10.9. The molecule has 0 saturated carbocycles. The molecule has 1 amide bonds. The van der Waals surface area contributed by atoms with Crippen molar-refractivity contribution in [1.82, 2.24) is 14.5 Å². The number of carbonyl (C=O) groups excluding carboxylic acids is 1. The first-order valence-electron chi connectivity index (χ1n) is 9.48. The molecule has 2 atom stereocenters. The van der Waals surface area contributed by atoms with Crippen LogP contribution in [-0.4, -0.2) is 61.8 Å². The number of hydrogen-bond acceptors (Lipinski definition) is 4. The molecule has 7 heteroatoms. The summed E-state index contributed by atoms with van der Waals surface area (Å²) in [6.07, 6.45) is 2.38. The van der Waals surface area contributed by atoms with Crippen LogP contribution in [0.15, 0.2) is 35.2 Å². The highest BCUT2D eigenvalue weighted by molar-refractivity contribution is 7.89. The monoisotopic (exact) mass is 379 g/mol. The normalized spacial score (nSPS) is 25.0. The lowest BCUT2D eigenvalue weighted by Crippen LogP contribution is -2.47. The van der Waals surface area contributed by atoms with Gasteiger partial charge >= 0.3 is 0 Å². The van der Waals surface area contributed by atoms with Crippen molar-refractivity contribution in [3.05, 3.63) is 30.3 Å². The van der Waals surface area contributed by atoms with Gasteiger partial charge < -0.3 is 10.2 Å². The van der Waals surface area contributed by atoms with Crippen LogP contribution in [0.2, 0.25) is 0 Å². The molecule has 0 bridgehead atoms. The van der Waals surface area contributed by atoms with Gasteiger partial charge in [-0.2, -0.15) is 4.31 Å². The molecule has 2 fully saturated rings. The summed E-state index contributed by atoms with van der Waals surface area (Å²) in [6, 6.07) is 8.30. The van der Waals surface area contributed by atoms with Crippen molar-refractivity contribution in [2.75, 3.05) is 26.2 Å². The van der Waals surface area contributed by atoms with Crippen molar-refractivity contribution in [3.8, 4) is 0 Å². The Hall–Kier alpha value is -1.44. The Labute approximate surface area is 156 Å². The zero-order valence-electron chi connectivity index (χ0n) is 15.6. The lowest BCUT2D eigenvalue weighted by molar-refractivity contribution is -0.124. The quantitative estimate of drug-likeness (QED) is 0.817. The number of amides is 1. The third kappa shape index (κ3) is 4.10. The SMILES string of the molecule is CC(C)N1CCC(CNC(=O)C2CCCN2S(=O)(=O)c2ccccc2)C1. The van der Waals surface area contributed by atoms with Crippen molar-refractivity contribution >= 4 is 15.9 Å². The molecule has 2 heterocycles. The van der Waals surface area contributed by atoms with Crippen LogP contribution in [0.3, 0.4) is 0 Å². The van der Waals surface area contributed by atoms with E-state index in [9.17, 15) is 13.2 Å². The standard InChI is InChI=1S/C19H29N3O3S/c1-15(2)21-12-10-16(14-21)13-20-19(23)18-9-6-11-22(18)26(24,25)17-7-4-3-5-8-17/h3-5,7-8,15-16,18H,6,9-14H2,1-2H3,(H,20,23). The fourth-order valence-corrected chi connectivity index (χ4v) is 5.56. The van der Waals surface area contributed by atoms with Gasteiger partial charge in [0.15, 0.2) is 0 Å². The topological polar surface area (TPSA) is 69.7 Å². The molecular formula is C19H29N3O3S. The first kappa shape index (κ1) is 19.3. The lowest BCUT2D eigenvalue weighted by atomic mass is 10.1. The largest absolute Gasteiger partial charge is 0.354 e. The van der Waals surface area contributed by atoms with E-state index in [1.54, 1.807) is 30.3 Å². The minimum absolute atomic E-state index is 0.162. The smallest absolute Gasteiger partial charge is 0.243 e. The van der Waals surface area contributed by atoms with E-state index in [1.807, 2.05) is 0 Å². The summed E-state index contributed by atoms with van der Waals surface area (Å²) in [4.78, 5) is 15.3. The average Bonchev–Trinajstić information content (AvgIpc) is 3.30. The Balaban J connectivity index is 1.60. The molecular weight excluding hydrogens is 350 g/mol. The van der Waals surface area contributed by atoms with Crippen molar-refractivity contribution in [3.63, 3.8) is 0 Å². The minimum Gasteiger partial charge on any atom is -0.354 e. The van der Waals surface area contributed by atoms with Crippen LogP contribution in [0.25, 0.3) is 0 Å². The fraction of sp³-hybridized carbons (Fsp3) is 0.632. The minimum atomic E-state index is -3.63. The van der Waals surface area contributed by atoms with E-state index in [4.69, 9.17) is 0 Å². The number of benzene rings is 1. The highest BCUT2D eigenvalue weighted by Crippen LogP contribution is 2.26. The molecule has 2 aliphatic rings. The molecule has 26 heavy (non-hydrogen) atoms. The van der Waals surface area contributed by atoms with Crippen LogP contribution in [0, 0.1) is 5.92 Å². The van der Waals surface area contributed by atoms with E-state index in [-0.39, 0.29) is 10.8 Å². The predicted molar refractivity (Wildman–Crippen MR) is 101 cm³/mol. The van der Waals surface area contributed by atoms with Crippen LogP contribution >= 0.6 is 0 Å². The maximum Gasteiger partial charge on any atom is 0.243 e. The molecule has 2 aliphatic heterocycles. The first-order chi connectivity index (χ1) is 12.4. The van der Waals surface area contributed by atoms with Gasteiger partial charge in [0.05, 0.1) is 4.90 Å². The molecule has 0 aliphatic carbocycles. The molecule has 0 spiro atoms. The second-order valence-electron chi connectivity index (χ2n) is 7.58. The molecule has 2 unspecified atom stereocenters. The maximum atomic E-state index is 12.9. The van der Waals surface area contributed by atoms with E-state index in [0.29, 0.717) is 37.9 Å². The summed E-state index contributed by atoms with van der Waals surface area (Å²) in [5, 5.41) is 3.01. The summed E-state index contributed by atoms with van der Waals surface area (Å²) >= 11 is 0. The number of likely N-dealkylation sites (tertiary alicyclic amines) is 1. The maximum absolute atomic E-state index is 12.9. The molecule has 1 aromatic rings. The fourth-order valence-electron chi connectivity index (χ4n) is 3.88. The molecule has 0 aromatic heterocycles. The van der Waals surface area contributed by atoms with Gasteiger partial charge in [-0.1, -0.05) is 18.2 Å². The molecule has 1 N–H and O–H groups in total. The Kier molecular flexibility index (Phi) is 5.99. The number of sulfonamides is 1. The van der Waals surface area contributed by atoms with Gasteiger partial charge in [-0.3, -0.25) is 4.79 Å². The summed E-state index contributed by atoms with van der Waals surface area (Å²) in [6.45, 7) is 7.46. The van der Waals surface area contributed by atoms with E-state index < -0.39 is 16.1 Å². The molecule has 144 valence electrons. The molecule has 1 aromatic carbocycles. The van der Waals surface area contributed by atoms with E-state index in [1.165, 1.54) is 4.31 Å². The van der Waals surface area contributed by atoms with Gasteiger partial charge in [-0.05, 0) is 57.7 Å². The summed E-state index contributed by atoms with van der Waals surface area (Å²) in [7, 11) is -3.63. The third-order valence-corrected chi connectivity index (χ3v) is 7.39. The van der Waals surface area contributed by atoms with E-state index in [2.05, 4.69) is 24.1 Å².